The van der Waals surface area contributed by atoms with Crippen molar-refractivity contribution in [1.29, 1.82) is 0 Å². The van der Waals surface area contributed by atoms with Crippen LogP contribution in [0.4, 0.5) is 0 Å². The van der Waals surface area contributed by atoms with Gasteiger partial charge >= 0.3 is 0 Å². The van der Waals surface area contributed by atoms with E-state index in [1.807, 2.05) is 0 Å². The summed E-state index contributed by atoms with van der Waals surface area (Å²) < 4.78 is 0. The first kappa shape index (κ1) is 15.3. The van der Waals surface area contributed by atoms with Crippen LogP contribution in [0.5, 0.6) is 0 Å². The van der Waals surface area contributed by atoms with Gasteiger partial charge in [0.25, 0.3) is 0 Å². The lowest BCUT2D eigenvalue weighted by molar-refractivity contribution is -0.156. The Morgan fingerprint density at radius 2 is 2.14 bits per heavy atom. The van der Waals surface area contributed by atoms with E-state index in [0.29, 0.717) is 38.9 Å². The summed E-state index contributed by atoms with van der Waals surface area (Å²) in [6.45, 7) is 2.04. The molecule has 1 spiro atoms. The lowest BCUT2D eigenvalue weighted by atomic mass is 9.71. The maximum atomic E-state index is 12.5. The number of nitrogens with one attached hydrogen (secondary N) is 1. The highest BCUT2D eigenvalue weighted by atomic mass is 16.3. The normalized spacial score (nSPS) is 32.5. The molecule has 22 heavy (non-hydrogen) atoms. The van der Waals surface area contributed by atoms with Crippen LogP contribution in [0, 0.1) is 5.41 Å². The van der Waals surface area contributed by atoms with Crippen LogP contribution in [-0.4, -0.2) is 71.5 Å². The number of hydrogen-bond donors (Lipinski definition) is 2. The van der Waals surface area contributed by atoms with Gasteiger partial charge in [0.15, 0.2) is 0 Å². The molecule has 3 aliphatic heterocycles. The predicted molar refractivity (Wildman–Crippen MR) is 77.7 cm³/mol. The van der Waals surface area contributed by atoms with Crippen molar-refractivity contribution in [1.82, 2.24) is 15.1 Å². The first-order valence-electron chi connectivity index (χ1n) is 8.05. The van der Waals surface area contributed by atoms with Crippen molar-refractivity contribution >= 4 is 17.7 Å². The van der Waals surface area contributed by atoms with Crippen LogP contribution in [0.2, 0.25) is 0 Å². The SMILES string of the molecule is O=C1CCCN1CC(=O)N1CC[C@H](O)[C@@]2(CCCNC2=O)C1. The van der Waals surface area contributed by atoms with Crippen molar-refractivity contribution in [3.05, 3.63) is 0 Å². The number of hydrogen-bond acceptors (Lipinski definition) is 4. The van der Waals surface area contributed by atoms with Crippen LogP contribution in [-0.2, 0) is 14.4 Å². The number of rotatable bonds is 2. The number of aliphatic hydroxyl groups is 1. The third-order valence-electron chi connectivity index (χ3n) is 5.17. The molecule has 122 valence electrons. The zero-order valence-corrected chi connectivity index (χ0v) is 12.7. The van der Waals surface area contributed by atoms with Crippen LogP contribution in [0.3, 0.4) is 0 Å². The lowest BCUT2D eigenvalue weighted by Crippen LogP contribution is -2.62. The van der Waals surface area contributed by atoms with E-state index in [9.17, 15) is 19.5 Å². The van der Waals surface area contributed by atoms with Gasteiger partial charge < -0.3 is 20.2 Å². The number of carbonyl (C=O) groups excluding carboxylic acids is 3. The lowest BCUT2D eigenvalue weighted by Gasteiger charge is -2.47. The van der Waals surface area contributed by atoms with E-state index >= 15 is 0 Å². The van der Waals surface area contributed by atoms with Gasteiger partial charge in [-0.1, -0.05) is 0 Å². The van der Waals surface area contributed by atoms with E-state index in [1.165, 1.54) is 0 Å². The zero-order valence-electron chi connectivity index (χ0n) is 12.7. The summed E-state index contributed by atoms with van der Waals surface area (Å²) in [5.41, 5.74) is -0.874. The van der Waals surface area contributed by atoms with E-state index < -0.39 is 11.5 Å². The summed E-state index contributed by atoms with van der Waals surface area (Å²) in [5.74, 6) is -0.253. The van der Waals surface area contributed by atoms with Crippen molar-refractivity contribution in [2.75, 3.05) is 32.7 Å². The van der Waals surface area contributed by atoms with Crippen molar-refractivity contribution < 1.29 is 19.5 Å². The fraction of sp³-hybridized carbons (Fsp3) is 0.800. The van der Waals surface area contributed by atoms with Gasteiger partial charge in [0.1, 0.15) is 0 Å². The fourth-order valence-electron chi connectivity index (χ4n) is 3.79. The average Bonchev–Trinajstić information content (AvgIpc) is 2.90. The summed E-state index contributed by atoms with van der Waals surface area (Å²) in [6.07, 6.45) is 2.44. The molecule has 7 nitrogen and oxygen atoms in total. The van der Waals surface area contributed by atoms with Gasteiger partial charge in [-0.2, -0.15) is 0 Å². The van der Waals surface area contributed by atoms with Gasteiger partial charge in [0.2, 0.25) is 17.7 Å². The van der Waals surface area contributed by atoms with Crippen LogP contribution in [0.1, 0.15) is 32.1 Å². The van der Waals surface area contributed by atoms with Gasteiger partial charge in [-0.05, 0) is 25.7 Å². The van der Waals surface area contributed by atoms with Gasteiger partial charge in [0, 0.05) is 32.6 Å². The molecule has 7 heteroatoms. The summed E-state index contributed by atoms with van der Waals surface area (Å²) in [6, 6.07) is 0. The van der Waals surface area contributed by atoms with Gasteiger partial charge in [-0.15, -0.1) is 0 Å². The molecule has 3 fully saturated rings. The van der Waals surface area contributed by atoms with E-state index in [4.69, 9.17) is 0 Å². The quantitative estimate of drug-likeness (QED) is 0.692. The summed E-state index contributed by atoms with van der Waals surface area (Å²) >= 11 is 0. The van der Waals surface area contributed by atoms with E-state index in [2.05, 4.69) is 5.32 Å². The molecule has 0 radical (unpaired) electrons. The molecular weight excluding hydrogens is 286 g/mol. The molecule has 0 aromatic heterocycles. The summed E-state index contributed by atoms with van der Waals surface area (Å²) in [5, 5.41) is 13.1. The Hall–Kier alpha value is -1.63. The Morgan fingerprint density at radius 3 is 2.82 bits per heavy atom. The highest BCUT2D eigenvalue weighted by Crippen LogP contribution is 2.37. The molecule has 3 aliphatic rings. The molecular formula is C15H23N3O4. The number of carbonyl (C=O) groups is 3. The summed E-state index contributed by atoms with van der Waals surface area (Å²) in [4.78, 5) is 39.6. The Balaban J connectivity index is 1.68. The molecule has 3 saturated heterocycles. The summed E-state index contributed by atoms with van der Waals surface area (Å²) in [7, 11) is 0. The van der Waals surface area contributed by atoms with Gasteiger partial charge in [-0.25, -0.2) is 0 Å². The second-order valence-electron chi connectivity index (χ2n) is 6.55. The predicted octanol–water partition coefficient (Wildman–Crippen LogP) is -0.902. The van der Waals surface area contributed by atoms with E-state index in [-0.39, 0.29) is 30.8 Å². The van der Waals surface area contributed by atoms with Gasteiger partial charge in [-0.3, -0.25) is 14.4 Å². The monoisotopic (exact) mass is 309 g/mol. The molecule has 3 amide bonds. The molecule has 0 aliphatic carbocycles. The molecule has 0 unspecified atom stereocenters. The number of amides is 3. The maximum absolute atomic E-state index is 12.5. The minimum absolute atomic E-state index is 0.0236. The molecule has 3 heterocycles. The Kier molecular flexibility index (Phi) is 4.08. The van der Waals surface area contributed by atoms with Gasteiger partial charge in [0.05, 0.1) is 18.1 Å². The molecule has 0 aromatic rings. The van der Waals surface area contributed by atoms with Crippen molar-refractivity contribution in [3.63, 3.8) is 0 Å². The second-order valence-corrected chi connectivity index (χ2v) is 6.55. The van der Waals surface area contributed by atoms with Crippen LogP contribution in [0.25, 0.3) is 0 Å². The number of piperidine rings is 2. The topological polar surface area (TPSA) is 90.0 Å². The molecule has 0 bridgehead atoms. The van der Waals surface area contributed by atoms with Crippen molar-refractivity contribution in [3.8, 4) is 0 Å². The van der Waals surface area contributed by atoms with Crippen molar-refractivity contribution in [2.45, 2.75) is 38.2 Å². The Bertz CT molecular complexity index is 495. The highest BCUT2D eigenvalue weighted by molar-refractivity contribution is 5.88. The van der Waals surface area contributed by atoms with Crippen LogP contribution >= 0.6 is 0 Å². The number of aliphatic hydroxyl groups excluding tert-OH is 1. The standard InChI is InChI=1S/C15H23N3O4/c19-11-4-8-18(10-15(11)5-2-6-16-14(15)22)13(21)9-17-7-1-3-12(17)20/h11,19H,1-10H2,(H,16,22)/t11-,15+/m0/s1. The van der Waals surface area contributed by atoms with Crippen LogP contribution < -0.4 is 5.32 Å². The minimum Gasteiger partial charge on any atom is -0.392 e. The third-order valence-corrected chi connectivity index (χ3v) is 5.17. The first-order chi connectivity index (χ1) is 10.5. The first-order valence-corrected chi connectivity index (χ1v) is 8.05. The smallest absolute Gasteiger partial charge is 0.242 e. The zero-order chi connectivity index (χ0) is 15.7. The highest BCUT2D eigenvalue weighted by Gasteiger charge is 2.50. The Labute approximate surface area is 129 Å². The molecule has 0 aromatic carbocycles. The number of nitrogens with zero attached hydrogens (tertiary/aromatic N) is 2. The largest absolute Gasteiger partial charge is 0.392 e. The molecule has 2 N–H and O–H groups in total. The molecule has 0 saturated carbocycles. The maximum Gasteiger partial charge on any atom is 0.242 e. The van der Waals surface area contributed by atoms with E-state index in [1.54, 1.807) is 9.80 Å². The average molecular weight is 309 g/mol. The third kappa shape index (κ3) is 2.58. The van der Waals surface area contributed by atoms with E-state index in [0.717, 1.165) is 12.8 Å². The fourth-order valence-corrected chi connectivity index (χ4v) is 3.79. The molecule has 2 atom stereocenters. The van der Waals surface area contributed by atoms with Crippen LogP contribution in [0.15, 0.2) is 0 Å². The Morgan fingerprint density at radius 1 is 1.32 bits per heavy atom. The second kappa shape index (κ2) is 5.87. The van der Waals surface area contributed by atoms with Crippen molar-refractivity contribution in [2.24, 2.45) is 5.41 Å². The molecule has 3 rings (SSSR count). The minimum atomic E-state index is -0.874. The number of likely N-dealkylation sites (tertiary alicyclic amines) is 2.